The summed E-state index contributed by atoms with van der Waals surface area (Å²) in [6, 6.07) is 13.4. The lowest BCUT2D eigenvalue weighted by Crippen LogP contribution is -2.23. The maximum atomic E-state index is 12.5. The summed E-state index contributed by atoms with van der Waals surface area (Å²) in [5.74, 6) is -1.20. The van der Waals surface area contributed by atoms with E-state index >= 15 is 0 Å². The van der Waals surface area contributed by atoms with Crippen LogP contribution < -0.4 is 14.6 Å². The summed E-state index contributed by atoms with van der Waals surface area (Å²) >= 11 is 0. The molecule has 2 rings (SSSR count). The number of hydrogen-bond acceptors (Lipinski definition) is 5. The maximum Gasteiger partial charge on any atom is 0.244 e. The Kier molecular flexibility index (Phi) is 5.73. The standard InChI is InChI=1S/C17H17NO5S/c1-23-15-9-7-13(8-10-17(19)20)11-16(15)24(21,22)18-12-14-5-3-2-4-6-14/h2-11,18H,12H2,1H3,(H,19,20)/p-1/b10-8+. The van der Waals surface area contributed by atoms with Gasteiger partial charge in [-0.15, -0.1) is 0 Å². The molecule has 0 unspecified atom stereocenters. The van der Waals surface area contributed by atoms with Crippen LogP contribution in [0.3, 0.4) is 0 Å². The van der Waals surface area contributed by atoms with E-state index in [1.165, 1.54) is 25.3 Å². The number of carboxylic acid groups (broad SMARTS) is 1. The number of carboxylic acids is 1. The molecule has 24 heavy (non-hydrogen) atoms. The Bertz CT molecular complexity index is 845. The molecule has 0 aliphatic carbocycles. The monoisotopic (exact) mass is 346 g/mol. The van der Waals surface area contributed by atoms with Crippen molar-refractivity contribution < 1.29 is 23.1 Å². The van der Waals surface area contributed by atoms with Gasteiger partial charge in [0.05, 0.1) is 13.1 Å². The Hall–Kier alpha value is -2.64. The van der Waals surface area contributed by atoms with Crippen molar-refractivity contribution in [2.24, 2.45) is 0 Å². The van der Waals surface area contributed by atoms with Gasteiger partial charge in [-0.25, -0.2) is 13.1 Å². The zero-order valence-electron chi connectivity index (χ0n) is 12.9. The Balaban J connectivity index is 2.29. The molecule has 0 aliphatic heterocycles. The highest BCUT2D eigenvalue weighted by Gasteiger charge is 2.19. The van der Waals surface area contributed by atoms with Gasteiger partial charge >= 0.3 is 0 Å². The predicted molar refractivity (Wildman–Crippen MR) is 87.5 cm³/mol. The van der Waals surface area contributed by atoms with Crippen molar-refractivity contribution in [3.63, 3.8) is 0 Å². The lowest BCUT2D eigenvalue weighted by atomic mass is 10.2. The van der Waals surface area contributed by atoms with Crippen LogP contribution in [0, 0.1) is 0 Å². The van der Waals surface area contributed by atoms with Gasteiger partial charge in [0.2, 0.25) is 10.0 Å². The average molecular weight is 346 g/mol. The fourth-order valence-corrected chi connectivity index (χ4v) is 3.24. The van der Waals surface area contributed by atoms with Crippen molar-refractivity contribution in [1.82, 2.24) is 4.72 Å². The van der Waals surface area contributed by atoms with Crippen molar-refractivity contribution in [2.75, 3.05) is 7.11 Å². The second-order valence-electron chi connectivity index (χ2n) is 4.87. The maximum absolute atomic E-state index is 12.5. The van der Waals surface area contributed by atoms with E-state index in [4.69, 9.17) is 4.74 Å². The Labute approximate surface area is 140 Å². The number of carbonyl (C=O) groups excluding carboxylic acids is 1. The van der Waals surface area contributed by atoms with Crippen LogP contribution in [0.4, 0.5) is 0 Å². The lowest BCUT2D eigenvalue weighted by Gasteiger charge is -2.12. The van der Waals surface area contributed by atoms with Crippen molar-refractivity contribution in [1.29, 1.82) is 0 Å². The first kappa shape index (κ1) is 17.7. The summed E-state index contributed by atoms with van der Waals surface area (Å²) in [6.45, 7) is 0.130. The van der Waals surface area contributed by atoms with E-state index < -0.39 is 16.0 Å². The molecule has 0 atom stereocenters. The first-order valence-corrected chi connectivity index (χ1v) is 8.51. The third kappa shape index (κ3) is 4.68. The molecule has 0 heterocycles. The molecule has 1 N–H and O–H groups in total. The smallest absolute Gasteiger partial charge is 0.244 e. The highest BCUT2D eigenvalue weighted by atomic mass is 32.2. The van der Waals surface area contributed by atoms with Gasteiger partial charge < -0.3 is 14.6 Å². The van der Waals surface area contributed by atoms with Crippen LogP contribution in [0.15, 0.2) is 59.5 Å². The minimum Gasteiger partial charge on any atom is -0.545 e. The topological polar surface area (TPSA) is 95.5 Å². The molecule has 0 spiro atoms. The zero-order chi connectivity index (χ0) is 17.6. The number of carbonyl (C=O) groups is 1. The highest BCUT2D eigenvalue weighted by molar-refractivity contribution is 7.89. The van der Waals surface area contributed by atoms with Crippen LogP contribution in [0.1, 0.15) is 11.1 Å². The molecule has 2 aromatic rings. The molecule has 126 valence electrons. The van der Waals surface area contributed by atoms with Gasteiger partial charge in [0.1, 0.15) is 10.6 Å². The second-order valence-corrected chi connectivity index (χ2v) is 6.61. The second kappa shape index (κ2) is 7.76. The molecule has 6 nitrogen and oxygen atoms in total. The third-order valence-electron chi connectivity index (χ3n) is 3.20. The molecule has 0 amide bonds. The average Bonchev–Trinajstić information content (AvgIpc) is 2.59. The van der Waals surface area contributed by atoms with E-state index in [0.717, 1.165) is 11.6 Å². The zero-order valence-corrected chi connectivity index (χ0v) is 13.7. The van der Waals surface area contributed by atoms with Crippen LogP contribution in [0.5, 0.6) is 5.75 Å². The van der Waals surface area contributed by atoms with Gasteiger partial charge in [0.15, 0.2) is 0 Å². The van der Waals surface area contributed by atoms with Crippen LogP contribution >= 0.6 is 0 Å². The van der Waals surface area contributed by atoms with Gasteiger partial charge in [-0.3, -0.25) is 0 Å². The van der Waals surface area contributed by atoms with Gasteiger partial charge in [-0.1, -0.05) is 42.5 Å². The molecule has 0 saturated heterocycles. The first-order valence-electron chi connectivity index (χ1n) is 7.03. The lowest BCUT2D eigenvalue weighted by molar-refractivity contribution is -0.297. The predicted octanol–water partition coefficient (Wildman–Crippen LogP) is 0.937. The van der Waals surface area contributed by atoms with Crippen molar-refractivity contribution >= 4 is 22.1 Å². The van der Waals surface area contributed by atoms with Crippen LogP contribution in [0.2, 0.25) is 0 Å². The molecule has 0 aliphatic rings. The summed E-state index contributed by atoms with van der Waals surface area (Å²) in [7, 11) is -2.47. The Morgan fingerprint density at radius 3 is 2.54 bits per heavy atom. The molecule has 0 aromatic heterocycles. The number of rotatable bonds is 7. The number of hydrogen-bond donors (Lipinski definition) is 1. The summed E-state index contributed by atoms with van der Waals surface area (Å²) in [6.07, 6.45) is 2.08. The number of methoxy groups -OCH3 is 1. The Morgan fingerprint density at radius 2 is 1.92 bits per heavy atom. The van der Waals surface area contributed by atoms with E-state index in [1.54, 1.807) is 18.2 Å². The van der Waals surface area contributed by atoms with E-state index in [1.807, 2.05) is 18.2 Å². The number of nitrogens with one attached hydrogen (secondary N) is 1. The number of aliphatic carboxylic acids is 1. The minimum atomic E-state index is -3.83. The molecular weight excluding hydrogens is 330 g/mol. The fraction of sp³-hybridized carbons (Fsp3) is 0.118. The van der Waals surface area contributed by atoms with E-state index in [2.05, 4.69) is 4.72 Å². The quantitative estimate of drug-likeness (QED) is 0.753. The molecule has 0 saturated carbocycles. The third-order valence-corrected chi connectivity index (χ3v) is 4.62. The number of benzene rings is 2. The molecular formula is C17H16NO5S-. The summed E-state index contributed by atoms with van der Waals surface area (Å²) in [5, 5.41) is 10.5. The van der Waals surface area contributed by atoms with Crippen molar-refractivity contribution in [3.8, 4) is 5.75 Å². The normalized spacial score (nSPS) is 11.5. The first-order chi connectivity index (χ1) is 11.4. The van der Waals surface area contributed by atoms with E-state index in [-0.39, 0.29) is 17.2 Å². The molecule has 0 radical (unpaired) electrons. The van der Waals surface area contributed by atoms with E-state index in [0.29, 0.717) is 5.56 Å². The summed E-state index contributed by atoms with van der Waals surface area (Å²) in [4.78, 5) is 10.4. The molecule has 2 aromatic carbocycles. The van der Waals surface area contributed by atoms with Crippen LogP contribution in [-0.4, -0.2) is 21.5 Å². The van der Waals surface area contributed by atoms with Gasteiger partial charge in [0, 0.05) is 6.54 Å². The van der Waals surface area contributed by atoms with E-state index in [9.17, 15) is 18.3 Å². The number of ether oxygens (including phenoxy) is 1. The van der Waals surface area contributed by atoms with Crippen molar-refractivity contribution in [3.05, 3.63) is 65.7 Å². The van der Waals surface area contributed by atoms with Crippen molar-refractivity contribution in [2.45, 2.75) is 11.4 Å². The van der Waals surface area contributed by atoms with Crippen LogP contribution in [-0.2, 0) is 21.4 Å². The Morgan fingerprint density at radius 1 is 1.21 bits per heavy atom. The molecule has 7 heteroatoms. The SMILES string of the molecule is COc1ccc(/C=C/C(=O)[O-])cc1S(=O)(=O)NCc1ccccc1. The van der Waals surface area contributed by atoms with Crippen LogP contribution in [0.25, 0.3) is 6.08 Å². The summed E-state index contributed by atoms with van der Waals surface area (Å²) in [5.41, 5.74) is 1.22. The fourth-order valence-electron chi connectivity index (χ4n) is 2.02. The molecule has 0 fully saturated rings. The minimum absolute atomic E-state index is 0.0681. The highest BCUT2D eigenvalue weighted by Crippen LogP contribution is 2.25. The molecule has 0 bridgehead atoms. The number of sulfonamides is 1. The van der Waals surface area contributed by atoms with Gasteiger partial charge in [-0.2, -0.15) is 0 Å². The largest absolute Gasteiger partial charge is 0.545 e. The van der Waals surface area contributed by atoms with Gasteiger partial charge in [0.25, 0.3) is 0 Å². The van der Waals surface area contributed by atoms with Gasteiger partial charge in [-0.05, 0) is 29.3 Å². The summed E-state index contributed by atoms with van der Waals surface area (Å²) < 4.78 is 32.7.